The van der Waals surface area contributed by atoms with Crippen molar-refractivity contribution in [2.75, 3.05) is 138 Å². The number of terminal acetylenes is 1. The number of ether oxygens (including phenoxy) is 8. The Labute approximate surface area is 234 Å². The van der Waals surface area contributed by atoms with Gasteiger partial charge in [-0.15, -0.1) is 6.42 Å². The quantitative estimate of drug-likeness (QED) is 0.112. The summed E-state index contributed by atoms with van der Waals surface area (Å²) in [6.45, 7) is 14.0. The molecule has 0 atom stereocenters. The maximum atomic E-state index is 10.6. The van der Waals surface area contributed by atoms with Gasteiger partial charge in [0.1, 0.15) is 6.61 Å². The van der Waals surface area contributed by atoms with Crippen molar-refractivity contribution < 1.29 is 61.0 Å². The van der Waals surface area contributed by atoms with Crippen LogP contribution in [0.4, 0.5) is 13.2 Å². The molecule has 1 heterocycles. The molecule has 0 amide bonds. The molecule has 15 heteroatoms. The van der Waals surface area contributed by atoms with Gasteiger partial charge in [-0.3, -0.25) is 4.90 Å². The highest BCUT2D eigenvalue weighted by molar-refractivity contribution is 5.73. The molecule has 0 unspecified atom stereocenters. The molecular formula is C25H45F3N2O10. The third-order valence-corrected chi connectivity index (χ3v) is 4.79. The molecule has 12 nitrogen and oxygen atoms in total. The number of alkyl halides is 3. The van der Waals surface area contributed by atoms with Crippen LogP contribution in [0, 0.1) is 12.3 Å². The molecule has 2 N–H and O–H groups in total. The first-order valence-electron chi connectivity index (χ1n) is 13.2. The van der Waals surface area contributed by atoms with Gasteiger partial charge < -0.3 is 48.3 Å². The van der Waals surface area contributed by atoms with Crippen molar-refractivity contribution in [1.82, 2.24) is 10.2 Å². The number of hydrogen-bond acceptors (Lipinski definition) is 11. The highest BCUT2D eigenvalue weighted by Gasteiger charge is 2.38. The fourth-order valence-electron chi connectivity index (χ4n) is 2.80. The maximum Gasteiger partial charge on any atom is 0.490 e. The van der Waals surface area contributed by atoms with Crippen molar-refractivity contribution >= 4 is 5.97 Å². The summed E-state index contributed by atoms with van der Waals surface area (Å²) in [7, 11) is 0. The molecule has 1 aliphatic rings. The van der Waals surface area contributed by atoms with Gasteiger partial charge >= 0.3 is 12.1 Å². The Morgan fingerprint density at radius 2 is 0.975 bits per heavy atom. The Kier molecular flexibility index (Phi) is 27.8. The number of carboxylic acids is 1. The summed E-state index contributed by atoms with van der Waals surface area (Å²) < 4.78 is 75.0. The Balaban J connectivity index is 0.00000191. The number of piperazine rings is 1. The van der Waals surface area contributed by atoms with E-state index in [0.717, 1.165) is 39.3 Å². The molecule has 1 fully saturated rings. The topological polar surface area (TPSA) is 126 Å². The lowest BCUT2D eigenvalue weighted by molar-refractivity contribution is -0.192. The van der Waals surface area contributed by atoms with Gasteiger partial charge in [0.15, 0.2) is 0 Å². The number of aliphatic carboxylic acids is 1. The van der Waals surface area contributed by atoms with Crippen LogP contribution in [0.2, 0.25) is 0 Å². The minimum absolute atomic E-state index is 0.317. The standard InChI is InChI=1S/C23H44N2O8.C2HF3O2/c1-2-8-26-10-12-28-14-16-30-18-20-32-22-23-33-21-19-31-17-15-29-13-11-27-9-7-25-5-3-24-4-6-25;3-2(4,5)1(6)7/h1,24H,3-23H2;(H,6,7). The lowest BCUT2D eigenvalue weighted by Gasteiger charge is -2.26. The van der Waals surface area contributed by atoms with Crippen LogP contribution in [0.1, 0.15) is 0 Å². The molecule has 1 rings (SSSR count). The van der Waals surface area contributed by atoms with Gasteiger partial charge in [-0.25, -0.2) is 4.79 Å². The second-order valence-corrected chi connectivity index (χ2v) is 7.94. The minimum Gasteiger partial charge on any atom is -0.475 e. The number of nitrogens with zero attached hydrogens (tertiary/aromatic N) is 1. The molecular weight excluding hydrogens is 545 g/mol. The fourth-order valence-corrected chi connectivity index (χ4v) is 2.80. The summed E-state index contributed by atoms with van der Waals surface area (Å²) in [5, 5.41) is 10.5. The molecule has 1 aliphatic heterocycles. The van der Waals surface area contributed by atoms with E-state index >= 15 is 0 Å². The van der Waals surface area contributed by atoms with Crippen LogP contribution in [-0.2, 0) is 42.7 Å². The molecule has 0 aromatic heterocycles. The third kappa shape index (κ3) is 29.4. The Bertz CT molecular complexity index is 606. The van der Waals surface area contributed by atoms with Crippen molar-refractivity contribution in [3.8, 4) is 12.3 Å². The average Bonchev–Trinajstić information content (AvgIpc) is 2.93. The Hall–Kier alpha value is -1.58. The number of carboxylic acid groups (broad SMARTS) is 1. The third-order valence-electron chi connectivity index (χ3n) is 4.79. The van der Waals surface area contributed by atoms with E-state index in [0.29, 0.717) is 99.1 Å². The van der Waals surface area contributed by atoms with Gasteiger partial charge in [0.05, 0.1) is 99.1 Å². The van der Waals surface area contributed by atoms with Crippen LogP contribution < -0.4 is 5.32 Å². The summed E-state index contributed by atoms with van der Waals surface area (Å²) in [4.78, 5) is 11.3. The van der Waals surface area contributed by atoms with Crippen LogP contribution >= 0.6 is 0 Å². The predicted molar refractivity (Wildman–Crippen MR) is 138 cm³/mol. The first kappa shape index (κ1) is 38.4. The Morgan fingerprint density at radius 1 is 0.675 bits per heavy atom. The molecule has 40 heavy (non-hydrogen) atoms. The zero-order valence-corrected chi connectivity index (χ0v) is 23.1. The number of carbonyl (C=O) groups is 1. The summed E-state index contributed by atoms with van der Waals surface area (Å²) in [5.74, 6) is -0.359. The van der Waals surface area contributed by atoms with E-state index in [2.05, 4.69) is 16.1 Å². The van der Waals surface area contributed by atoms with E-state index < -0.39 is 12.1 Å². The van der Waals surface area contributed by atoms with E-state index in [1.54, 1.807) is 0 Å². The van der Waals surface area contributed by atoms with Crippen LogP contribution in [-0.4, -0.2) is 161 Å². The highest BCUT2D eigenvalue weighted by Crippen LogP contribution is 2.13. The van der Waals surface area contributed by atoms with Gasteiger partial charge in [0, 0.05) is 32.7 Å². The summed E-state index contributed by atoms with van der Waals surface area (Å²) >= 11 is 0. The summed E-state index contributed by atoms with van der Waals surface area (Å²) in [6.07, 6.45) is -0.0146. The van der Waals surface area contributed by atoms with Crippen LogP contribution in [0.25, 0.3) is 0 Å². The zero-order valence-electron chi connectivity index (χ0n) is 23.1. The number of hydrogen-bond donors (Lipinski definition) is 2. The molecule has 0 spiro atoms. The molecule has 236 valence electrons. The molecule has 1 saturated heterocycles. The van der Waals surface area contributed by atoms with Crippen molar-refractivity contribution in [3.05, 3.63) is 0 Å². The SMILES string of the molecule is C#CCOCCOCCOCCOCCOCCOCCOCCOCCN1CCNCC1.O=C(O)C(F)(F)F. The van der Waals surface area contributed by atoms with Crippen LogP contribution in [0.15, 0.2) is 0 Å². The van der Waals surface area contributed by atoms with E-state index in [1.807, 2.05) is 0 Å². The Morgan fingerprint density at radius 3 is 1.27 bits per heavy atom. The molecule has 0 bridgehead atoms. The second kappa shape index (κ2) is 28.9. The van der Waals surface area contributed by atoms with Gasteiger partial charge in [-0.1, -0.05) is 5.92 Å². The first-order chi connectivity index (χ1) is 19.4. The smallest absolute Gasteiger partial charge is 0.475 e. The summed E-state index contributed by atoms with van der Waals surface area (Å²) in [5.41, 5.74) is 0. The van der Waals surface area contributed by atoms with E-state index in [4.69, 9.17) is 54.2 Å². The zero-order chi connectivity index (χ0) is 29.6. The van der Waals surface area contributed by atoms with Gasteiger partial charge in [-0.05, 0) is 0 Å². The van der Waals surface area contributed by atoms with Crippen LogP contribution in [0.5, 0.6) is 0 Å². The number of halogens is 3. The van der Waals surface area contributed by atoms with E-state index in [-0.39, 0.29) is 0 Å². The van der Waals surface area contributed by atoms with Crippen LogP contribution in [0.3, 0.4) is 0 Å². The van der Waals surface area contributed by atoms with Gasteiger partial charge in [0.2, 0.25) is 0 Å². The average molecular weight is 591 g/mol. The maximum absolute atomic E-state index is 10.6. The largest absolute Gasteiger partial charge is 0.490 e. The fraction of sp³-hybridized carbons (Fsp3) is 0.880. The van der Waals surface area contributed by atoms with Crippen molar-refractivity contribution in [3.63, 3.8) is 0 Å². The molecule has 0 aromatic carbocycles. The molecule has 0 saturated carbocycles. The monoisotopic (exact) mass is 590 g/mol. The summed E-state index contributed by atoms with van der Waals surface area (Å²) in [6, 6.07) is 0. The van der Waals surface area contributed by atoms with Crippen molar-refractivity contribution in [2.45, 2.75) is 6.18 Å². The first-order valence-corrected chi connectivity index (χ1v) is 13.2. The molecule has 0 radical (unpaired) electrons. The molecule has 0 aliphatic carbocycles. The van der Waals surface area contributed by atoms with Gasteiger partial charge in [-0.2, -0.15) is 13.2 Å². The second-order valence-electron chi connectivity index (χ2n) is 7.94. The predicted octanol–water partition coefficient (Wildman–Crippen LogP) is 0.291. The normalized spacial score (nSPS) is 13.9. The van der Waals surface area contributed by atoms with Crippen molar-refractivity contribution in [2.24, 2.45) is 0 Å². The van der Waals surface area contributed by atoms with E-state index in [9.17, 15) is 13.2 Å². The van der Waals surface area contributed by atoms with Crippen molar-refractivity contribution in [1.29, 1.82) is 0 Å². The van der Waals surface area contributed by atoms with E-state index in [1.165, 1.54) is 0 Å². The molecule has 0 aromatic rings. The lowest BCUT2D eigenvalue weighted by Crippen LogP contribution is -2.44. The number of rotatable bonds is 25. The number of nitrogens with one attached hydrogen (secondary N) is 1. The minimum atomic E-state index is -5.08. The lowest BCUT2D eigenvalue weighted by atomic mass is 10.4. The van der Waals surface area contributed by atoms with Gasteiger partial charge in [0.25, 0.3) is 0 Å². The highest BCUT2D eigenvalue weighted by atomic mass is 19.4.